The van der Waals surface area contributed by atoms with Gasteiger partial charge in [0.2, 0.25) is 0 Å². The molecule has 24 heavy (non-hydrogen) atoms. The number of rotatable bonds is 3. The zero-order valence-corrected chi connectivity index (χ0v) is 13.8. The molecule has 0 radical (unpaired) electrons. The van der Waals surface area contributed by atoms with E-state index in [4.69, 9.17) is 9.57 Å². The fourth-order valence-corrected chi connectivity index (χ4v) is 2.99. The van der Waals surface area contributed by atoms with E-state index in [1.165, 1.54) is 17.0 Å². The molecule has 0 unspecified atom stereocenters. The molecule has 1 amide bonds. The zero-order chi connectivity index (χ0) is 17.3. The van der Waals surface area contributed by atoms with E-state index in [9.17, 15) is 13.6 Å². The third-order valence-electron chi connectivity index (χ3n) is 4.20. The Kier molecular flexibility index (Phi) is 4.86. The van der Waals surface area contributed by atoms with Crippen LogP contribution in [-0.4, -0.2) is 56.6 Å². The summed E-state index contributed by atoms with van der Waals surface area (Å²) >= 11 is 0. The predicted octanol–water partition coefficient (Wildman–Crippen LogP) is 2.38. The number of anilines is 2. The summed E-state index contributed by atoms with van der Waals surface area (Å²) in [4.78, 5) is 20.1. The molecule has 2 aliphatic heterocycles. The summed E-state index contributed by atoms with van der Waals surface area (Å²) in [6.07, 6.45) is -0.887. The van der Waals surface area contributed by atoms with Crippen molar-refractivity contribution in [2.75, 3.05) is 49.1 Å². The predicted molar refractivity (Wildman–Crippen MR) is 85.1 cm³/mol. The Morgan fingerprint density at radius 3 is 2.50 bits per heavy atom. The maximum absolute atomic E-state index is 14.6. The van der Waals surface area contributed by atoms with Gasteiger partial charge in [0.25, 0.3) is 0 Å². The lowest BCUT2D eigenvalue weighted by Gasteiger charge is -2.24. The molecule has 0 N–H and O–H groups in total. The van der Waals surface area contributed by atoms with Crippen molar-refractivity contribution in [1.82, 2.24) is 5.06 Å². The van der Waals surface area contributed by atoms with E-state index in [0.29, 0.717) is 32.8 Å². The highest BCUT2D eigenvalue weighted by molar-refractivity contribution is 5.90. The Morgan fingerprint density at radius 1 is 1.21 bits per heavy atom. The smallest absolute Gasteiger partial charge is 0.414 e. The molecule has 1 aromatic rings. The first-order chi connectivity index (χ1) is 11.5. The molecule has 1 atom stereocenters. The highest BCUT2D eigenvalue weighted by Gasteiger charge is 2.31. The lowest BCUT2D eigenvalue weighted by Crippen LogP contribution is -2.32. The van der Waals surface area contributed by atoms with E-state index in [0.717, 1.165) is 0 Å². The number of benzene rings is 1. The van der Waals surface area contributed by atoms with Crippen molar-refractivity contribution in [3.63, 3.8) is 0 Å². The summed E-state index contributed by atoms with van der Waals surface area (Å²) in [7, 11) is 0. The number of nitrogens with zero attached hydrogens (tertiary/aromatic N) is 3. The van der Waals surface area contributed by atoms with Crippen molar-refractivity contribution < 1.29 is 23.1 Å². The van der Waals surface area contributed by atoms with Gasteiger partial charge in [-0.15, -0.1) is 0 Å². The summed E-state index contributed by atoms with van der Waals surface area (Å²) in [6.45, 7) is 6.47. The van der Waals surface area contributed by atoms with Crippen LogP contribution in [0.3, 0.4) is 0 Å². The van der Waals surface area contributed by atoms with Crippen LogP contribution in [-0.2, 0) is 9.57 Å². The summed E-state index contributed by atoms with van der Waals surface area (Å²) < 4.78 is 34.1. The topological polar surface area (TPSA) is 45.2 Å². The van der Waals surface area contributed by atoms with E-state index in [-0.39, 0.29) is 24.0 Å². The average molecular weight is 341 g/mol. The number of carbonyl (C=O) groups is 1. The quantitative estimate of drug-likeness (QED) is 0.845. The SMILES string of the molecule is CCN1CCN(c2c(F)cc(N3C[C@H](C)OC3=O)cc2F)CCO1. The largest absolute Gasteiger partial charge is 0.444 e. The Hall–Kier alpha value is -1.93. The van der Waals surface area contributed by atoms with E-state index in [1.54, 1.807) is 16.9 Å². The van der Waals surface area contributed by atoms with Crippen LogP contribution in [0.4, 0.5) is 25.0 Å². The highest BCUT2D eigenvalue weighted by Crippen LogP contribution is 2.31. The number of amides is 1. The molecule has 8 heteroatoms. The first-order valence-corrected chi connectivity index (χ1v) is 8.09. The van der Waals surface area contributed by atoms with Gasteiger partial charge in [-0.1, -0.05) is 6.92 Å². The van der Waals surface area contributed by atoms with Crippen LogP contribution in [0.15, 0.2) is 12.1 Å². The van der Waals surface area contributed by atoms with E-state index in [1.807, 2.05) is 6.92 Å². The number of halogens is 2. The average Bonchev–Trinajstić information content (AvgIpc) is 2.73. The summed E-state index contributed by atoms with van der Waals surface area (Å²) in [5.41, 5.74) is 0.0882. The lowest BCUT2D eigenvalue weighted by molar-refractivity contribution is -0.143. The number of likely N-dealkylation sites (N-methyl/N-ethyl adjacent to an activating group) is 1. The van der Waals surface area contributed by atoms with Gasteiger partial charge in [0.05, 0.1) is 18.8 Å². The van der Waals surface area contributed by atoms with Gasteiger partial charge < -0.3 is 9.64 Å². The molecule has 2 saturated heterocycles. The lowest BCUT2D eigenvalue weighted by atomic mass is 10.2. The van der Waals surface area contributed by atoms with Crippen LogP contribution in [0, 0.1) is 11.6 Å². The molecular weight excluding hydrogens is 320 g/mol. The van der Waals surface area contributed by atoms with Gasteiger partial charge in [-0.05, 0) is 6.92 Å². The van der Waals surface area contributed by atoms with Gasteiger partial charge in [-0.3, -0.25) is 9.74 Å². The van der Waals surface area contributed by atoms with Gasteiger partial charge in [0.15, 0.2) is 11.6 Å². The third-order valence-corrected chi connectivity index (χ3v) is 4.20. The van der Waals surface area contributed by atoms with Gasteiger partial charge >= 0.3 is 6.09 Å². The second-order valence-corrected chi connectivity index (χ2v) is 5.90. The van der Waals surface area contributed by atoms with Crippen LogP contribution in [0.25, 0.3) is 0 Å². The van der Waals surface area contributed by atoms with Crippen molar-refractivity contribution >= 4 is 17.5 Å². The number of carbonyl (C=O) groups excluding carboxylic acids is 1. The van der Waals surface area contributed by atoms with Crippen LogP contribution in [0.2, 0.25) is 0 Å². The minimum absolute atomic E-state index is 0.0825. The number of hydrogen-bond acceptors (Lipinski definition) is 5. The van der Waals surface area contributed by atoms with Crippen molar-refractivity contribution in [1.29, 1.82) is 0 Å². The molecule has 132 valence electrons. The van der Waals surface area contributed by atoms with Crippen LogP contribution in [0.5, 0.6) is 0 Å². The standard InChI is InChI=1S/C16H21F2N3O3/c1-3-20-5-4-19(6-7-23-20)15-13(17)8-12(9-14(15)18)21-10-11(2)24-16(21)22/h8-9,11H,3-7,10H2,1-2H3/t11-/m0/s1. The minimum Gasteiger partial charge on any atom is -0.444 e. The van der Waals surface area contributed by atoms with Crippen LogP contribution in [0.1, 0.15) is 13.8 Å². The molecule has 2 fully saturated rings. The zero-order valence-electron chi connectivity index (χ0n) is 13.8. The minimum atomic E-state index is -0.692. The second kappa shape index (κ2) is 6.90. The van der Waals surface area contributed by atoms with Crippen LogP contribution >= 0.6 is 0 Å². The Bertz CT molecular complexity index is 606. The third kappa shape index (κ3) is 3.29. The maximum atomic E-state index is 14.6. The molecule has 3 rings (SSSR count). The van der Waals surface area contributed by atoms with Gasteiger partial charge in [-0.2, -0.15) is 5.06 Å². The molecule has 1 aromatic carbocycles. The number of cyclic esters (lactones) is 1. The first kappa shape index (κ1) is 16.9. The summed E-state index contributed by atoms with van der Waals surface area (Å²) in [6, 6.07) is 2.36. The summed E-state index contributed by atoms with van der Waals surface area (Å²) in [5, 5.41) is 1.77. The van der Waals surface area contributed by atoms with Crippen LogP contribution < -0.4 is 9.80 Å². The molecule has 0 aliphatic carbocycles. The van der Waals surface area contributed by atoms with E-state index >= 15 is 0 Å². The van der Waals surface area contributed by atoms with Crippen molar-refractivity contribution in [2.24, 2.45) is 0 Å². The molecule has 0 spiro atoms. The number of ether oxygens (including phenoxy) is 1. The van der Waals surface area contributed by atoms with E-state index in [2.05, 4.69) is 0 Å². The fourth-order valence-electron chi connectivity index (χ4n) is 2.99. The first-order valence-electron chi connectivity index (χ1n) is 8.09. The van der Waals surface area contributed by atoms with Crippen molar-refractivity contribution in [3.8, 4) is 0 Å². The molecule has 2 heterocycles. The Balaban J connectivity index is 1.84. The Morgan fingerprint density at radius 2 is 1.92 bits per heavy atom. The molecule has 0 aromatic heterocycles. The fraction of sp³-hybridized carbons (Fsp3) is 0.562. The van der Waals surface area contributed by atoms with Crippen molar-refractivity contribution in [2.45, 2.75) is 20.0 Å². The monoisotopic (exact) mass is 341 g/mol. The van der Waals surface area contributed by atoms with Gasteiger partial charge in [-0.25, -0.2) is 13.6 Å². The molecular formula is C16H21F2N3O3. The second-order valence-electron chi connectivity index (χ2n) is 5.90. The molecule has 0 bridgehead atoms. The number of hydroxylamine groups is 2. The molecule has 0 saturated carbocycles. The van der Waals surface area contributed by atoms with Gasteiger partial charge in [0.1, 0.15) is 11.8 Å². The molecule has 2 aliphatic rings. The molecule has 6 nitrogen and oxygen atoms in total. The van der Waals surface area contributed by atoms with E-state index < -0.39 is 17.7 Å². The highest BCUT2D eigenvalue weighted by atomic mass is 19.1. The van der Waals surface area contributed by atoms with Gasteiger partial charge in [0, 0.05) is 38.3 Å². The summed E-state index contributed by atoms with van der Waals surface area (Å²) in [5.74, 6) is -1.38. The maximum Gasteiger partial charge on any atom is 0.414 e. The Labute approximate surface area is 139 Å². The van der Waals surface area contributed by atoms with Crippen molar-refractivity contribution in [3.05, 3.63) is 23.8 Å². The number of hydrogen-bond donors (Lipinski definition) is 0. The normalized spacial score (nSPS) is 22.7.